The summed E-state index contributed by atoms with van der Waals surface area (Å²) in [6.45, 7) is 1.49. The van der Waals surface area contributed by atoms with E-state index in [9.17, 15) is 9.59 Å². The van der Waals surface area contributed by atoms with Gasteiger partial charge in [-0.25, -0.2) is 0 Å². The first kappa shape index (κ1) is 18.8. The highest BCUT2D eigenvalue weighted by Crippen LogP contribution is 2.22. The van der Waals surface area contributed by atoms with Gasteiger partial charge in [-0.1, -0.05) is 54.2 Å². The van der Waals surface area contributed by atoms with Crippen molar-refractivity contribution in [2.75, 3.05) is 11.1 Å². The summed E-state index contributed by atoms with van der Waals surface area (Å²) in [4.78, 5) is 23.8. The van der Waals surface area contributed by atoms with Crippen molar-refractivity contribution >= 4 is 39.9 Å². The Bertz CT molecular complexity index is 1200. The highest BCUT2D eigenvalue weighted by molar-refractivity contribution is 7.99. The standard InChI is InChI=1S/C21H17N5O2S/c1-14(27)16-7-4-8-18(11-16)22-20(28)13-29-21-23-24-25-26(21)19-10-9-15-5-2-3-6-17(15)12-19/h2-12H,13H2,1H3,(H,22,28). The van der Waals surface area contributed by atoms with Crippen LogP contribution in [0.2, 0.25) is 0 Å². The van der Waals surface area contributed by atoms with Gasteiger partial charge < -0.3 is 5.32 Å². The highest BCUT2D eigenvalue weighted by atomic mass is 32.2. The zero-order valence-electron chi connectivity index (χ0n) is 15.6. The molecule has 1 aromatic heterocycles. The molecule has 7 nitrogen and oxygen atoms in total. The van der Waals surface area contributed by atoms with Crippen LogP contribution in [-0.4, -0.2) is 37.7 Å². The normalized spacial score (nSPS) is 10.8. The van der Waals surface area contributed by atoms with Gasteiger partial charge in [0, 0.05) is 11.3 Å². The Morgan fingerprint density at radius 3 is 2.66 bits per heavy atom. The number of carbonyl (C=O) groups excluding carboxylic acids is 2. The summed E-state index contributed by atoms with van der Waals surface area (Å²) in [5.74, 6) is -0.119. The minimum atomic E-state index is -0.205. The van der Waals surface area contributed by atoms with Crippen LogP contribution < -0.4 is 5.32 Å². The Morgan fingerprint density at radius 1 is 1.00 bits per heavy atom. The lowest BCUT2D eigenvalue weighted by molar-refractivity contribution is -0.113. The van der Waals surface area contributed by atoms with Gasteiger partial charge in [-0.2, -0.15) is 4.68 Å². The number of rotatable bonds is 6. The van der Waals surface area contributed by atoms with Crippen molar-refractivity contribution in [2.45, 2.75) is 12.1 Å². The Hall–Kier alpha value is -3.52. The second-order valence-corrected chi connectivity index (χ2v) is 7.32. The number of thioether (sulfide) groups is 1. The van der Waals surface area contributed by atoms with E-state index in [0.29, 0.717) is 16.4 Å². The molecule has 0 fully saturated rings. The molecule has 144 valence electrons. The van der Waals surface area contributed by atoms with E-state index >= 15 is 0 Å². The van der Waals surface area contributed by atoms with Gasteiger partial charge in [0.2, 0.25) is 11.1 Å². The number of nitrogens with zero attached hydrogens (tertiary/aromatic N) is 4. The number of ketones is 1. The summed E-state index contributed by atoms with van der Waals surface area (Å²) in [5.41, 5.74) is 1.96. The van der Waals surface area contributed by atoms with Crippen LogP contribution in [0.4, 0.5) is 5.69 Å². The van der Waals surface area contributed by atoms with Crippen molar-refractivity contribution in [3.8, 4) is 5.69 Å². The van der Waals surface area contributed by atoms with E-state index in [4.69, 9.17) is 0 Å². The summed E-state index contributed by atoms with van der Waals surface area (Å²) in [5, 5.41) is 17.4. The summed E-state index contributed by atoms with van der Waals surface area (Å²) >= 11 is 1.24. The van der Waals surface area contributed by atoms with E-state index in [2.05, 4.69) is 20.8 Å². The molecule has 0 spiro atoms. The third-order valence-electron chi connectivity index (χ3n) is 4.30. The number of carbonyl (C=O) groups is 2. The van der Waals surface area contributed by atoms with Crippen LogP contribution in [0.15, 0.2) is 71.9 Å². The first-order valence-corrected chi connectivity index (χ1v) is 9.90. The van der Waals surface area contributed by atoms with Gasteiger partial charge in [-0.05, 0) is 52.4 Å². The zero-order chi connectivity index (χ0) is 20.2. The number of aromatic nitrogens is 4. The van der Waals surface area contributed by atoms with Gasteiger partial charge in [-0.3, -0.25) is 9.59 Å². The third kappa shape index (κ3) is 4.33. The number of benzene rings is 3. The molecule has 8 heteroatoms. The number of nitrogens with one attached hydrogen (secondary N) is 1. The number of anilines is 1. The zero-order valence-corrected chi connectivity index (χ0v) is 16.4. The van der Waals surface area contributed by atoms with E-state index in [0.717, 1.165) is 16.5 Å². The number of fused-ring (bicyclic) bond motifs is 1. The Labute approximate surface area is 171 Å². The Morgan fingerprint density at radius 2 is 1.83 bits per heavy atom. The summed E-state index contributed by atoms with van der Waals surface area (Å²) in [7, 11) is 0. The molecule has 29 heavy (non-hydrogen) atoms. The molecule has 0 unspecified atom stereocenters. The fourth-order valence-corrected chi connectivity index (χ4v) is 3.57. The van der Waals surface area contributed by atoms with Crippen LogP contribution in [0.25, 0.3) is 16.5 Å². The van der Waals surface area contributed by atoms with Crippen LogP contribution in [0.1, 0.15) is 17.3 Å². The maximum absolute atomic E-state index is 12.3. The number of Topliss-reactive ketones (excluding diaryl/α,β-unsaturated/α-hetero) is 1. The topological polar surface area (TPSA) is 89.8 Å². The van der Waals surface area contributed by atoms with Crippen molar-refractivity contribution in [3.63, 3.8) is 0 Å². The lowest BCUT2D eigenvalue weighted by Gasteiger charge is -2.07. The molecule has 0 saturated heterocycles. The highest BCUT2D eigenvalue weighted by Gasteiger charge is 2.12. The molecule has 4 rings (SSSR count). The average Bonchev–Trinajstić information content (AvgIpc) is 3.21. The average molecular weight is 403 g/mol. The number of hydrogen-bond acceptors (Lipinski definition) is 6. The van der Waals surface area contributed by atoms with Gasteiger partial charge in [0.05, 0.1) is 11.4 Å². The fourth-order valence-electron chi connectivity index (χ4n) is 2.88. The SMILES string of the molecule is CC(=O)c1cccc(NC(=O)CSc2nnnn2-c2ccc3ccccc3c2)c1. The molecule has 1 amide bonds. The quantitative estimate of drug-likeness (QED) is 0.390. The predicted octanol–water partition coefficient (Wildman–Crippen LogP) is 3.75. The van der Waals surface area contributed by atoms with Crippen LogP contribution in [-0.2, 0) is 4.79 Å². The minimum absolute atomic E-state index is 0.0509. The lowest BCUT2D eigenvalue weighted by Crippen LogP contribution is -2.15. The molecule has 4 aromatic rings. The van der Waals surface area contributed by atoms with Crippen molar-refractivity contribution in [2.24, 2.45) is 0 Å². The van der Waals surface area contributed by atoms with Gasteiger partial charge in [0.25, 0.3) is 0 Å². The van der Waals surface area contributed by atoms with Crippen LogP contribution >= 0.6 is 11.8 Å². The first-order chi connectivity index (χ1) is 14.1. The van der Waals surface area contributed by atoms with E-state index in [1.807, 2.05) is 42.5 Å². The van der Waals surface area contributed by atoms with E-state index < -0.39 is 0 Å². The molecular weight excluding hydrogens is 386 g/mol. The van der Waals surface area contributed by atoms with Gasteiger partial charge in [-0.15, -0.1) is 5.10 Å². The molecule has 0 radical (unpaired) electrons. The van der Waals surface area contributed by atoms with Crippen molar-refractivity contribution in [1.82, 2.24) is 20.2 Å². The Balaban J connectivity index is 1.45. The van der Waals surface area contributed by atoms with Gasteiger partial charge >= 0.3 is 0 Å². The predicted molar refractivity (Wildman–Crippen MR) is 112 cm³/mol. The van der Waals surface area contributed by atoms with E-state index in [1.165, 1.54) is 18.7 Å². The van der Waals surface area contributed by atoms with Crippen molar-refractivity contribution < 1.29 is 9.59 Å². The maximum Gasteiger partial charge on any atom is 0.234 e. The second kappa shape index (κ2) is 8.24. The van der Waals surface area contributed by atoms with E-state index in [1.54, 1.807) is 28.9 Å². The number of hydrogen-bond donors (Lipinski definition) is 1. The molecular formula is C21H17N5O2S. The first-order valence-electron chi connectivity index (χ1n) is 8.91. The molecule has 1 heterocycles. The lowest BCUT2D eigenvalue weighted by atomic mass is 10.1. The molecule has 0 bridgehead atoms. The van der Waals surface area contributed by atoms with Crippen LogP contribution in [0.3, 0.4) is 0 Å². The monoisotopic (exact) mass is 403 g/mol. The molecule has 1 N–H and O–H groups in total. The van der Waals surface area contributed by atoms with Crippen molar-refractivity contribution in [1.29, 1.82) is 0 Å². The summed E-state index contributed by atoms with van der Waals surface area (Å²) in [6.07, 6.45) is 0. The largest absolute Gasteiger partial charge is 0.325 e. The molecule has 0 atom stereocenters. The van der Waals surface area contributed by atoms with Gasteiger partial charge in [0.15, 0.2) is 5.78 Å². The molecule has 3 aromatic carbocycles. The minimum Gasteiger partial charge on any atom is -0.325 e. The van der Waals surface area contributed by atoms with Crippen LogP contribution in [0, 0.1) is 0 Å². The smallest absolute Gasteiger partial charge is 0.234 e. The van der Waals surface area contributed by atoms with Gasteiger partial charge in [0.1, 0.15) is 0 Å². The molecule has 0 aliphatic carbocycles. The van der Waals surface area contributed by atoms with Crippen molar-refractivity contribution in [3.05, 3.63) is 72.3 Å². The third-order valence-corrected chi connectivity index (χ3v) is 5.22. The van der Waals surface area contributed by atoms with Crippen LogP contribution in [0.5, 0.6) is 0 Å². The number of tetrazole rings is 1. The maximum atomic E-state index is 12.3. The number of amides is 1. The van der Waals surface area contributed by atoms with E-state index in [-0.39, 0.29) is 17.4 Å². The molecule has 0 aliphatic rings. The Kier molecular flexibility index (Phi) is 5.35. The second-order valence-electron chi connectivity index (χ2n) is 6.38. The molecule has 0 aliphatic heterocycles. The fraction of sp³-hybridized carbons (Fsp3) is 0.0952. The summed E-state index contributed by atoms with van der Waals surface area (Å²) < 4.78 is 1.61. The molecule has 0 saturated carbocycles. The summed E-state index contributed by atoms with van der Waals surface area (Å²) in [6, 6.07) is 20.8.